The van der Waals surface area contributed by atoms with Gasteiger partial charge < -0.3 is 30.6 Å². The highest BCUT2D eigenvalue weighted by Gasteiger charge is 2.31. The van der Waals surface area contributed by atoms with Gasteiger partial charge in [0.15, 0.2) is 0 Å². The number of anilines is 1. The van der Waals surface area contributed by atoms with Crippen molar-refractivity contribution in [3.8, 4) is 5.75 Å². The quantitative estimate of drug-likeness (QED) is 0.230. The number of hydrogen-bond acceptors (Lipinski definition) is 8. The molecule has 202 valence electrons. The highest BCUT2D eigenvalue weighted by Crippen LogP contribution is 2.29. The lowest BCUT2D eigenvalue weighted by Gasteiger charge is -2.38. The zero-order valence-electron chi connectivity index (χ0n) is 21.9. The Morgan fingerprint density at radius 1 is 1.19 bits per heavy atom. The smallest absolute Gasteiger partial charge is 0.338 e. The fourth-order valence-corrected chi connectivity index (χ4v) is 4.42. The Bertz CT molecular complexity index is 1060. The summed E-state index contributed by atoms with van der Waals surface area (Å²) in [6.07, 6.45) is 0.466. The lowest BCUT2D eigenvalue weighted by molar-refractivity contribution is 0.00677. The number of nitrogens with one attached hydrogen (secondary N) is 2. The zero-order valence-corrected chi connectivity index (χ0v) is 22.6. The van der Waals surface area contributed by atoms with Crippen LogP contribution in [0.25, 0.3) is 0 Å². The fraction of sp³-hybridized carbons (Fsp3) is 0.481. The van der Waals surface area contributed by atoms with Crippen molar-refractivity contribution in [2.24, 2.45) is 0 Å². The monoisotopic (exact) mass is 532 g/mol. The molecule has 1 aliphatic heterocycles. The Morgan fingerprint density at radius 2 is 1.92 bits per heavy atom. The molecule has 1 amide bonds. The topological polar surface area (TPSA) is 115 Å². The normalized spacial score (nSPS) is 18.0. The number of methoxy groups -OCH3 is 2. The Kier molecular flexibility index (Phi) is 10.6. The minimum Gasteiger partial charge on any atom is -0.496 e. The van der Waals surface area contributed by atoms with E-state index in [1.165, 1.54) is 13.2 Å². The van der Waals surface area contributed by atoms with Gasteiger partial charge in [0.2, 0.25) is 0 Å². The number of halogens is 1. The lowest BCUT2D eigenvalue weighted by Crippen LogP contribution is -2.55. The number of amides is 1. The Labute approximate surface area is 223 Å². The first-order valence-corrected chi connectivity index (χ1v) is 12.8. The maximum Gasteiger partial charge on any atom is 0.338 e. The van der Waals surface area contributed by atoms with Crippen LogP contribution >= 0.6 is 11.6 Å². The van der Waals surface area contributed by atoms with Crippen LogP contribution in [0.5, 0.6) is 5.75 Å². The van der Waals surface area contributed by atoms with Crippen molar-refractivity contribution in [3.63, 3.8) is 0 Å². The first-order valence-electron chi connectivity index (χ1n) is 12.4. The maximum absolute atomic E-state index is 13.0. The van der Waals surface area contributed by atoms with E-state index in [-0.39, 0.29) is 30.1 Å². The van der Waals surface area contributed by atoms with Gasteiger partial charge in [-0.2, -0.15) is 0 Å². The first kappa shape index (κ1) is 28.7. The molecule has 1 fully saturated rings. The number of carbonyl (C=O) groups excluding carboxylic acids is 2. The maximum atomic E-state index is 13.0. The summed E-state index contributed by atoms with van der Waals surface area (Å²) in [6.45, 7) is 7.55. The van der Waals surface area contributed by atoms with E-state index in [4.69, 9.17) is 31.5 Å². The van der Waals surface area contributed by atoms with Crippen LogP contribution in [0.3, 0.4) is 0 Å². The van der Waals surface area contributed by atoms with Crippen molar-refractivity contribution in [3.05, 3.63) is 58.1 Å². The van der Waals surface area contributed by atoms with Crippen molar-refractivity contribution >= 4 is 29.2 Å². The third-order valence-electron chi connectivity index (χ3n) is 6.29. The molecule has 9 nitrogen and oxygen atoms in total. The van der Waals surface area contributed by atoms with Gasteiger partial charge in [0.25, 0.3) is 5.91 Å². The van der Waals surface area contributed by atoms with Crippen LogP contribution in [0.1, 0.15) is 46.5 Å². The van der Waals surface area contributed by atoms with Crippen LogP contribution in [0.15, 0.2) is 36.4 Å². The van der Waals surface area contributed by atoms with E-state index in [1.807, 2.05) is 26.0 Å². The van der Waals surface area contributed by atoms with Crippen molar-refractivity contribution < 1.29 is 23.8 Å². The summed E-state index contributed by atoms with van der Waals surface area (Å²) in [5.41, 5.74) is 8.17. The molecular weight excluding hydrogens is 496 g/mol. The fourth-order valence-electron chi connectivity index (χ4n) is 4.26. The summed E-state index contributed by atoms with van der Waals surface area (Å²) >= 11 is 6.12. The lowest BCUT2D eigenvalue weighted by atomic mass is 10.0. The molecule has 4 N–H and O–H groups in total. The van der Waals surface area contributed by atoms with Gasteiger partial charge in [-0.05, 0) is 44.0 Å². The van der Waals surface area contributed by atoms with E-state index in [1.54, 1.807) is 25.3 Å². The van der Waals surface area contributed by atoms with Gasteiger partial charge >= 0.3 is 5.97 Å². The van der Waals surface area contributed by atoms with Crippen molar-refractivity contribution in [2.45, 2.75) is 45.1 Å². The SMILES string of the molecule is COc1cc(N)c(Cl)cc1C(=O)NC1CCN(CCNCc2ccc(C(=O)OC(C)C)cc2)CC1OC. The molecule has 1 saturated heterocycles. The molecule has 0 bridgehead atoms. The average molecular weight is 533 g/mol. The summed E-state index contributed by atoms with van der Waals surface area (Å²) < 4.78 is 16.2. The van der Waals surface area contributed by atoms with E-state index < -0.39 is 0 Å². The van der Waals surface area contributed by atoms with E-state index in [2.05, 4.69) is 15.5 Å². The van der Waals surface area contributed by atoms with E-state index in [0.29, 0.717) is 40.7 Å². The summed E-state index contributed by atoms with van der Waals surface area (Å²) in [6, 6.07) is 10.4. The van der Waals surface area contributed by atoms with Crippen molar-refractivity contribution in [1.29, 1.82) is 0 Å². The van der Waals surface area contributed by atoms with Crippen molar-refractivity contribution in [2.75, 3.05) is 46.1 Å². The molecule has 10 heteroatoms. The number of ether oxygens (including phenoxy) is 3. The predicted octanol–water partition coefficient (Wildman–Crippen LogP) is 3.10. The van der Waals surface area contributed by atoms with Gasteiger partial charge in [-0.15, -0.1) is 0 Å². The molecule has 0 aliphatic carbocycles. The van der Waals surface area contributed by atoms with Gasteiger partial charge in [0.1, 0.15) is 5.75 Å². The number of nitrogen functional groups attached to an aromatic ring is 1. The van der Waals surface area contributed by atoms with E-state index in [0.717, 1.165) is 31.6 Å². The number of benzene rings is 2. The number of hydrogen-bond donors (Lipinski definition) is 3. The Morgan fingerprint density at radius 3 is 2.57 bits per heavy atom. The molecule has 37 heavy (non-hydrogen) atoms. The minimum atomic E-state index is -0.307. The molecule has 3 rings (SSSR count). The second kappa shape index (κ2) is 13.6. The predicted molar refractivity (Wildman–Crippen MR) is 144 cm³/mol. The van der Waals surface area contributed by atoms with Gasteiger partial charge in [-0.1, -0.05) is 23.7 Å². The molecule has 0 aromatic heterocycles. The molecule has 1 heterocycles. The first-order chi connectivity index (χ1) is 17.7. The van der Waals surface area contributed by atoms with Crippen LogP contribution in [0.2, 0.25) is 5.02 Å². The Hall–Kier alpha value is -2.85. The number of likely N-dealkylation sites (tertiary alicyclic amines) is 1. The van der Waals surface area contributed by atoms with Crippen LogP contribution in [0, 0.1) is 0 Å². The third kappa shape index (κ3) is 8.07. The largest absolute Gasteiger partial charge is 0.496 e. The third-order valence-corrected chi connectivity index (χ3v) is 6.62. The second-order valence-electron chi connectivity index (χ2n) is 9.35. The molecule has 0 saturated carbocycles. The highest BCUT2D eigenvalue weighted by molar-refractivity contribution is 6.33. The summed E-state index contributed by atoms with van der Waals surface area (Å²) in [7, 11) is 3.15. The number of rotatable bonds is 11. The highest BCUT2D eigenvalue weighted by atomic mass is 35.5. The van der Waals surface area contributed by atoms with Crippen LogP contribution < -0.4 is 21.1 Å². The molecule has 2 atom stereocenters. The van der Waals surface area contributed by atoms with Gasteiger partial charge in [0.05, 0.1) is 47.2 Å². The van der Waals surface area contributed by atoms with Crippen LogP contribution in [-0.2, 0) is 16.0 Å². The van der Waals surface area contributed by atoms with Gasteiger partial charge in [-0.3, -0.25) is 9.69 Å². The zero-order chi connectivity index (χ0) is 26.9. The summed E-state index contributed by atoms with van der Waals surface area (Å²) in [5, 5.41) is 6.82. The molecular formula is C27H37ClN4O5. The van der Waals surface area contributed by atoms with E-state index >= 15 is 0 Å². The molecule has 2 unspecified atom stereocenters. The van der Waals surface area contributed by atoms with Crippen molar-refractivity contribution in [1.82, 2.24) is 15.5 Å². The standard InChI is InChI=1S/C27H37ClN4O5/c1-17(2)37-27(34)19-7-5-18(6-8-19)15-30-10-12-32-11-9-23(25(16-32)36-4)31-26(33)20-13-21(28)22(29)14-24(20)35-3/h5-8,13-14,17,23,25,30H,9-12,15-16,29H2,1-4H3,(H,31,33). The summed E-state index contributed by atoms with van der Waals surface area (Å²) in [5.74, 6) is -0.204. The number of esters is 1. The van der Waals surface area contributed by atoms with Crippen LogP contribution in [-0.4, -0.2) is 75.4 Å². The number of piperidine rings is 1. The minimum absolute atomic E-state index is 0.136. The molecule has 0 radical (unpaired) electrons. The molecule has 0 spiro atoms. The molecule has 2 aromatic carbocycles. The summed E-state index contributed by atoms with van der Waals surface area (Å²) in [4.78, 5) is 27.2. The van der Waals surface area contributed by atoms with Gasteiger partial charge in [0, 0.05) is 45.9 Å². The Balaban J connectivity index is 1.45. The number of nitrogens with two attached hydrogens (primary N) is 1. The average Bonchev–Trinajstić information content (AvgIpc) is 2.88. The van der Waals surface area contributed by atoms with Crippen LogP contribution in [0.4, 0.5) is 5.69 Å². The number of nitrogens with zero attached hydrogens (tertiary/aromatic N) is 1. The van der Waals surface area contributed by atoms with E-state index in [9.17, 15) is 9.59 Å². The second-order valence-corrected chi connectivity index (χ2v) is 9.75. The number of carbonyl (C=O) groups is 2. The molecule has 2 aromatic rings. The molecule has 1 aliphatic rings. The van der Waals surface area contributed by atoms with Gasteiger partial charge in [-0.25, -0.2) is 4.79 Å².